The van der Waals surface area contributed by atoms with Gasteiger partial charge in [0.1, 0.15) is 5.75 Å². The van der Waals surface area contributed by atoms with Crippen LogP contribution < -0.4 is 0 Å². The van der Waals surface area contributed by atoms with E-state index in [0.29, 0.717) is 10.6 Å². The smallest absolute Gasteiger partial charge is 0.117 e. The lowest BCUT2D eigenvalue weighted by Crippen LogP contribution is -1.81. The summed E-state index contributed by atoms with van der Waals surface area (Å²) in [6, 6.07) is 4.39. The summed E-state index contributed by atoms with van der Waals surface area (Å²) < 4.78 is 0. The first-order valence-electron chi connectivity index (χ1n) is 2.90. The number of nitrogens with zero attached hydrogens (tertiary/aromatic N) is 1. The highest BCUT2D eigenvalue weighted by atomic mass is 35.5. The molecular weight excluding hydrogens is 166 g/mol. The number of halogens is 1. The third-order valence-corrected chi connectivity index (χ3v) is 1.51. The van der Waals surface area contributed by atoms with Crippen LogP contribution in [-0.4, -0.2) is 16.5 Å². The van der Waals surface area contributed by atoms with Gasteiger partial charge in [-0.2, -0.15) is 0 Å². The van der Waals surface area contributed by atoms with E-state index in [2.05, 4.69) is 5.16 Å². The first-order valence-corrected chi connectivity index (χ1v) is 3.28. The summed E-state index contributed by atoms with van der Waals surface area (Å²) in [5.74, 6) is 0.0880. The summed E-state index contributed by atoms with van der Waals surface area (Å²) in [6.07, 6.45) is 1.20. The molecule has 11 heavy (non-hydrogen) atoms. The fourth-order valence-corrected chi connectivity index (χ4v) is 0.907. The molecule has 58 valence electrons. The average Bonchev–Trinajstić information content (AvgIpc) is 1.95. The standard InChI is InChI=1S/C7H6ClNO2/c8-7-3-6(10)2-1-5(7)4-9-11/h1-4,10-11H/b9-4+. The largest absolute Gasteiger partial charge is 0.508 e. The van der Waals surface area contributed by atoms with E-state index in [4.69, 9.17) is 21.9 Å². The maximum Gasteiger partial charge on any atom is 0.117 e. The van der Waals surface area contributed by atoms with Crippen molar-refractivity contribution in [1.29, 1.82) is 0 Å². The van der Waals surface area contributed by atoms with Gasteiger partial charge in [-0.15, -0.1) is 0 Å². The van der Waals surface area contributed by atoms with E-state index in [-0.39, 0.29) is 5.75 Å². The first kappa shape index (κ1) is 7.88. The second-order valence-corrected chi connectivity index (χ2v) is 2.36. The van der Waals surface area contributed by atoms with Gasteiger partial charge >= 0.3 is 0 Å². The molecule has 0 aliphatic rings. The molecule has 0 amide bonds. The van der Waals surface area contributed by atoms with Crippen LogP contribution in [0.3, 0.4) is 0 Å². The van der Waals surface area contributed by atoms with Crippen LogP contribution in [0.4, 0.5) is 0 Å². The Kier molecular flexibility index (Phi) is 2.33. The molecule has 0 aromatic heterocycles. The Morgan fingerprint density at radius 2 is 2.18 bits per heavy atom. The van der Waals surface area contributed by atoms with Crippen LogP contribution in [0.15, 0.2) is 23.4 Å². The normalized spacial score (nSPS) is 10.6. The van der Waals surface area contributed by atoms with Crippen LogP contribution in [0.1, 0.15) is 5.56 Å². The molecule has 1 aromatic rings. The van der Waals surface area contributed by atoms with Gasteiger partial charge in [-0.3, -0.25) is 0 Å². The Hall–Kier alpha value is -1.22. The van der Waals surface area contributed by atoms with Crippen molar-refractivity contribution in [2.45, 2.75) is 0 Å². The zero-order chi connectivity index (χ0) is 8.27. The lowest BCUT2D eigenvalue weighted by atomic mass is 10.2. The van der Waals surface area contributed by atoms with E-state index in [9.17, 15) is 0 Å². The third-order valence-electron chi connectivity index (χ3n) is 1.18. The molecule has 0 aliphatic heterocycles. The highest BCUT2D eigenvalue weighted by Crippen LogP contribution is 2.19. The highest BCUT2D eigenvalue weighted by molar-refractivity contribution is 6.33. The van der Waals surface area contributed by atoms with Crippen LogP contribution in [0, 0.1) is 0 Å². The van der Waals surface area contributed by atoms with Gasteiger partial charge in [-0.25, -0.2) is 0 Å². The Morgan fingerprint density at radius 1 is 1.45 bits per heavy atom. The maximum atomic E-state index is 8.91. The fraction of sp³-hybridized carbons (Fsp3) is 0. The number of hydrogen-bond acceptors (Lipinski definition) is 3. The minimum absolute atomic E-state index is 0.0880. The molecule has 0 bridgehead atoms. The summed E-state index contributed by atoms with van der Waals surface area (Å²) >= 11 is 5.65. The number of phenolic OH excluding ortho intramolecular Hbond substituents is 1. The lowest BCUT2D eigenvalue weighted by Gasteiger charge is -1.96. The van der Waals surface area contributed by atoms with E-state index < -0.39 is 0 Å². The van der Waals surface area contributed by atoms with Crippen molar-refractivity contribution >= 4 is 17.8 Å². The third kappa shape index (κ3) is 1.85. The lowest BCUT2D eigenvalue weighted by molar-refractivity contribution is 0.322. The molecule has 0 saturated carbocycles. The van der Waals surface area contributed by atoms with Gasteiger partial charge < -0.3 is 10.3 Å². The zero-order valence-electron chi connectivity index (χ0n) is 5.53. The van der Waals surface area contributed by atoms with Crippen LogP contribution in [0.5, 0.6) is 5.75 Å². The number of hydrogen-bond donors (Lipinski definition) is 2. The predicted molar refractivity (Wildman–Crippen MR) is 42.5 cm³/mol. The topological polar surface area (TPSA) is 52.8 Å². The van der Waals surface area contributed by atoms with Crippen molar-refractivity contribution in [3.05, 3.63) is 28.8 Å². The quantitative estimate of drug-likeness (QED) is 0.385. The van der Waals surface area contributed by atoms with Crippen molar-refractivity contribution in [1.82, 2.24) is 0 Å². The summed E-state index contributed by atoms with van der Waals surface area (Å²) in [7, 11) is 0. The van der Waals surface area contributed by atoms with Crippen molar-refractivity contribution in [2.75, 3.05) is 0 Å². The van der Waals surface area contributed by atoms with Crippen LogP contribution in [0.25, 0.3) is 0 Å². The predicted octanol–water partition coefficient (Wildman–Crippen LogP) is 1.85. The minimum atomic E-state index is 0.0880. The van der Waals surface area contributed by atoms with E-state index >= 15 is 0 Å². The Bertz CT molecular complexity index is 286. The number of oxime groups is 1. The van der Waals surface area contributed by atoms with Gasteiger partial charge in [-0.1, -0.05) is 16.8 Å². The van der Waals surface area contributed by atoms with E-state index in [1.165, 1.54) is 18.3 Å². The molecule has 1 rings (SSSR count). The van der Waals surface area contributed by atoms with Gasteiger partial charge in [0.25, 0.3) is 0 Å². The van der Waals surface area contributed by atoms with Crippen molar-refractivity contribution < 1.29 is 10.3 Å². The summed E-state index contributed by atoms with van der Waals surface area (Å²) in [4.78, 5) is 0. The van der Waals surface area contributed by atoms with Gasteiger partial charge in [0.05, 0.1) is 11.2 Å². The first-order chi connectivity index (χ1) is 5.24. The van der Waals surface area contributed by atoms with E-state index in [0.717, 1.165) is 0 Å². The Morgan fingerprint density at radius 3 is 2.73 bits per heavy atom. The fourth-order valence-electron chi connectivity index (χ4n) is 0.683. The molecule has 0 spiro atoms. The summed E-state index contributed by atoms with van der Waals surface area (Å²) in [5, 5.41) is 20.2. The monoisotopic (exact) mass is 171 g/mol. The van der Waals surface area contributed by atoms with Crippen LogP contribution in [-0.2, 0) is 0 Å². The molecule has 0 unspecified atom stereocenters. The highest BCUT2D eigenvalue weighted by Gasteiger charge is 1.97. The van der Waals surface area contributed by atoms with Gasteiger partial charge in [0.2, 0.25) is 0 Å². The van der Waals surface area contributed by atoms with Gasteiger partial charge in [-0.05, 0) is 18.2 Å². The molecule has 0 aliphatic carbocycles. The SMILES string of the molecule is O/N=C/c1ccc(O)cc1Cl. The van der Waals surface area contributed by atoms with Gasteiger partial charge in [0.15, 0.2) is 0 Å². The number of aromatic hydroxyl groups is 1. The number of benzene rings is 1. The van der Waals surface area contributed by atoms with Crippen molar-refractivity contribution in [3.8, 4) is 5.75 Å². The van der Waals surface area contributed by atoms with Crippen LogP contribution >= 0.6 is 11.6 Å². The second-order valence-electron chi connectivity index (χ2n) is 1.95. The number of rotatable bonds is 1. The Balaban J connectivity index is 3.09. The zero-order valence-corrected chi connectivity index (χ0v) is 6.28. The summed E-state index contributed by atoms with van der Waals surface area (Å²) in [5.41, 5.74) is 0.562. The minimum Gasteiger partial charge on any atom is -0.508 e. The Labute approximate surface area is 68.5 Å². The molecule has 0 radical (unpaired) electrons. The van der Waals surface area contributed by atoms with Gasteiger partial charge in [0, 0.05) is 5.56 Å². The molecule has 0 fully saturated rings. The van der Waals surface area contributed by atoms with Crippen LogP contribution in [0.2, 0.25) is 5.02 Å². The van der Waals surface area contributed by atoms with E-state index in [1.807, 2.05) is 0 Å². The molecular formula is C7H6ClNO2. The molecule has 4 heteroatoms. The molecule has 2 N–H and O–H groups in total. The number of phenols is 1. The molecule has 3 nitrogen and oxygen atoms in total. The molecule has 0 saturated heterocycles. The van der Waals surface area contributed by atoms with Crippen molar-refractivity contribution in [2.24, 2.45) is 5.16 Å². The maximum absolute atomic E-state index is 8.91. The molecule has 1 aromatic carbocycles. The molecule has 0 heterocycles. The summed E-state index contributed by atoms with van der Waals surface area (Å²) in [6.45, 7) is 0. The van der Waals surface area contributed by atoms with E-state index in [1.54, 1.807) is 6.07 Å². The van der Waals surface area contributed by atoms with Crippen molar-refractivity contribution in [3.63, 3.8) is 0 Å². The molecule has 0 atom stereocenters. The average molecular weight is 172 g/mol. The second kappa shape index (κ2) is 3.25.